The molecule has 0 aliphatic heterocycles. The average Bonchev–Trinajstić information content (AvgIpc) is 2.56. The summed E-state index contributed by atoms with van der Waals surface area (Å²) in [7, 11) is 0. The first-order valence-electron chi connectivity index (χ1n) is 8.46. The second-order valence-electron chi connectivity index (χ2n) is 6.50. The molecule has 0 spiro atoms. The van der Waals surface area contributed by atoms with Crippen molar-refractivity contribution in [3.8, 4) is 0 Å². The second kappa shape index (κ2) is 8.25. The highest BCUT2D eigenvalue weighted by atomic mass is 19.4. The molecule has 1 aromatic carbocycles. The lowest BCUT2D eigenvalue weighted by atomic mass is 9.86. The Bertz CT molecular complexity index is 695. The van der Waals surface area contributed by atoms with Gasteiger partial charge in [0.05, 0.1) is 16.8 Å². The van der Waals surface area contributed by atoms with Crippen LogP contribution in [0.15, 0.2) is 41.0 Å². The van der Waals surface area contributed by atoms with E-state index in [1.807, 2.05) is 0 Å². The van der Waals surface area contributed by atoms with E-state index < -0.39 is 17.6 Å². The van der Waals surface area contributed by atoms with Crippen molar-refractivity contribution in [1.29, 1.82) is 0 Å². The van der Waals surface area contributed by atoms with Crippen molar-refractivity contribution in [3.05, 3.63) is 41.6 Å². The minimum Gasteiger partial charge on any atom is -0.387 e. The molecule has 1 amide bonds. The first kappa shape index (κ1) is 19.8. The van der Waals surface area contributed by atoms with E-state index in [0.717, 1.165) is 31.4 Å². The van der Waals surface area contributed by atoms with Crippen LogP contribution in [-0.4, -0.2) is 17.8 Å². The summed E-state index contributed by atoms with van der Waals surface area (Å²) < 4.78 is 37.8. The Hall–Kier alpha value is -2.51. The van der Waals surface area contributed by atoms with Gasteiger partial charge in [0.2, 0.25) is 0 Å². The van der Waals surface area contributed by atoms with Crippen molar-refractivity contribution >= 4 is 17.4 Å². The Morgan fingerprint density at radius 3 is 2.35 bits per heavy atom. The van der Waals surface area contributed by atoms with Crippen LogP contribution in [0.5, 0.6) is 0 Å². The molecule has 26 heavy (non-hydrogen) atoms. The van der Waals surface area contributed by atoms with E-state index in [0.29, 0.717) is 5.92 Å². The summed E-state index contributed by atoms with van der Waals surface area (Å²) in [6.45, 7) is 2.13. The fourth-order valence-electron chi connectivity index (χ4n) is 2.95. The summed E-state index contributed by atoms with van der Waals surface area (Å²) in [6, 6.07) is 4.40. The van der Waals surface area contributed by atoms with Gasteiger partial charge in [-0.15, -0.1) is 0 Å². The number of nitrogens with two attached hydrogens (primary N) is 2. The van der Waals surface area contributed by atoms with E-state index in [1.165, 1.54) is 24.8 Å². The summed E-state index contributed by atoms with van der Waals surface area (Å²) >= 11 is 0. The number of nitrogens with one attached hydrogen (secondary N) is 1. The highest BCUT2D eigenvalue weighted by molar-refractivity contribution is 6.20. The van der Waals surface area contributed by atoms with Crippen LogP contribution in [0.2, 0.25) is 0 Å². The zero-order valence-electron chi connectivity index (χ0n) is 14.5. The van der Waals surface area contributed by atoms with Crippen molar-refractivity contribution < 1.29 is 18.0 Å². The van der Waals surface area contributed by atoms with Crippen molar-refractivity contribution in [1.82, 2.24) is 5.32 Å². The van der Waals surface area contributed by atoms with Gasteiger partial charge in [-0.3, -0.25) is 4.79 Å². The van der Waals surface area contributed by atoms with E-state index >= 15 is 0 Å². The van der Waals surface area contributed by atoms with Crippen molar-refractivity contribution in [2.45, 2.75) is 44.8 Å². The van der Waals surface area contributed by atoms with Gasteiger partial charge < -0.3 is 16.8 Å². The Morgan fingerprint density at radius 1 is 1.19 bits per heavy atom. The summed E-state index contributed by atoms with van der Waals surface area (Å²) in [5.41, 5.74) is 10.6. The molecule has 0 radical (unpaired) electrons. The molecule has 1 fully saturated rings. The first-order valence-corrected chi connectivity index (χ1v) is 8.46. The van der Waals surface area contributed by atoms with Gasteiger partial charge in [-0.1, -0.05) is 19.8 Å². The van der Waals surface area contributed by atoms with Gasteiger partial charge in [0.15, 0.2) is 0 Å². The van der Waals surface area contributed by atoms with Crippen LogP contribution in [0.25, 0.3) is 0 Å². The number of alkyl halides is 3. The van der Waals surface area contributed by atoms with E-state index in [4.69, 9.17) is 11.5 Å². The van der Waals surface area contributed by atoms with Gasteiger partial charge in [0, 0.05) is 12.2 Å². The normalized spacial score (nSPS) is 22.2. The Kier molecular flexibility index (Phi) is 6.28. The molecule has 1 aromatic rings. The highest BCUT2D eigenvalue weighted by Gasteiger charge is 2.30. The van der Waals surface area contributed by atoms with Gasteiger partial charge in [-0.25, -0.2) is 4.99 Å². The molecule has 1 aliphatic rings. The number of hydrogen-bond acceptors (Lipinski definition) is 3. The summed E-state index contributed by atoms with van der Waals surface area (Å²) in [6.07, 6.45) is 1.41. The predicted molar refractivity (Wildman–Crippen MR) is 94.6 cm³/mol. The predicted octanol–water partition coefficient (Wildman–Crippen LogP) is 3.23. The largest absolute Gasteiger partial charge is 0.416 e. The molecule has 0 saturated heterocycles. The summed E-state index contributed by atoms with van der Waals surface area (Å²) in [4.78, 5) is 15.7. The second-order valence-corrected chi connectivity index (χ2v) is 6.50. The monoisotopic (exact) mass is 368 g/mol. The van der Waals surface area contributed by atoms with Crippen LogP contribution in [0.3, 0.4) is 0 Å². The van der Waals surface area contributed by atoms with Crippen LogP contribution in [0, 0.1) is 5.92 Å². The van der Waals surface area contributed by atoms with Crippen LogP contribution in [0.1, 0.15) is 38.2 Å². The summed E-state index contributed by atoms with van der Waals surface area (Å²) in [5, 5.41) is 3.18. The summed E-state index contributed by atoms with van der Waals surface area (Å²) in [5.74, 6) is -0.440. The number of aliphatic imine (C=N–C) groups is 1. The molecule has 2 atom stereocenters. The number of carbonyl (C=O) groups excluding carboxylic acids is 1. The van der Waals surface area contributed by atoms with Gasteiger partial charge in [0.1, 0.15) is 5.84 Å². The maximum atomic E-state index is 12.6. The molecule has 0 aromatic heterocycles. The zero-order chi connectivity index (χ0) is 19.3. The number of carbonyl (C=O) groups is 1. The maximum Gasteiger partial charge on any atom is 0.416 e. The van der Waals surface area contributed by atoms with E-state index in [1.54, 1.807) is 0 Å². The number of primary amides is 1. The van der Waals surface area contributed by atoms with Gasteiger partial charge in [0.25, 0.3) is 5.91 Å². The van der Waals surface area contributed by atoms with Crippen molar-refractivity contribution in [2.24, 2.45) is 22.4 Å². The lowest BCUT2D eigenvalue weighted by Crippen LogP contribution is -2.36. The van der Waals surface area contributed by atoms with Gasteiger partial charge in [-0.2, -0.15) is 13.2 Å². The molecule has 0 heterocycles. The number of nitrogens with zero attached hydrogens (tertiary/aromatic N) is 1. The molecule has 5 N–H and O–H groups in total. The minimum atomic E-state index is -4.42. The lowest BCUT2D eigenvalue weighted by molar-refractivity contribution is -0.137. The third kappa shape index (κ3) is 5.24. The third-order valence-electron chi connectivity index (χ3n) is 4.54. The third-order valence-corrected chi connectivity index (χ3v) is 4.54. The lowest BCUT2D eigenvalue weighted by Gasteiger charge is -2.29. The number of amides is 1. The highest BCUT2D eigenvalue weighted by Crippen LogP contribution is 2.30. The number of halogens is 3. The molecule has 0 unspecified atom stereocenters. The molecule has 2 rings (SSSR count). The molecule has 5 nitrogen and oxygen atoms in total. The molecular weight excluding hydrogens is 345 g/mol. The van der Waals surface area contributed by atoms with Crippen LogP contribution in [-0.2, 0) is 11.0 Å². The van der Waals surface area contributed by atoms with E-state index in [2.05, 4.69) is 17.2 Å². The van der Waals surface area contributed by atoms with Crippen LogP contribution in [0.4, 0.5) is 18.9 Å². The van der Waals surface area contributed by atoms with E-state index in [-0.39, 0.29) is 23.1 Å². The standard InChI is InChI=1S/C18H23F3N4O/c1-11-4-2-3-5-15(11)24-10-14(17(23)26)16(22)25-13-8-6-12(7-9-13)18(19,20)21/h6-11,15,24H,2-5H2,1H3,(H2,22,25)(H2,23,26)/b14-10+/t11-,15-/m0/s1. The maximum absolute atomic E-state index is 12.6. The first-order chi connectivity index (χ1) is 12.2. The molecule has 8 heteroatoms. The van der Waals surface area contributed by atoms with Gasteiger partial charge >= 0.3 is 6.18 Å². The number of amidine groups is 1. The number of hydrogen-bond donors (Lipinski definition) is 3. The Labute approximate surface area is 150 Å². The molecule has 1 saturated carbocycles. The SMILES string of the molecule is C[C@H]1CCCC[C@@H]1N/C=C(/C(N)=O)C(N)=Nc1ccc(C(F)(F)F)cc1. The number of rotatable bonds is 5. The van der Waals surface area contributed by atoms with Crippen LogP contribution < -0.4 is 16.8 Å². The van der Waals surface area contributed by atoms with E-state index in [9.17, 15) is 18.0 Å². The Balaban J connectivity index is 2.16. The molecular formula is C18H23F3N4O. The quantitative estimate of drug-likeness (QED) is 0.423. The molecule has 0 bridgehead atoms. The number of benzene rings is 1. The average molecular weight is 368 g/mol. The molecule has 142 valence electrons. The fraction of sp³-hybridized carbons (Fsp3) is 0.444. The van der Waals surface area contributed by atoms with Crippen molar-refractivity contribution in [3.63, 3.8) is 0 Å². The smallest absolute Gasteiger partial charge is 0.387 e. The minimum absolute atomic E-state index is 0.00247. The van der Waals surface area contributed by atoms with Crippen LogP contribution >= 0.6 is 0 Å². The zero-order valence-corrected chi connectivity index (χ0v) is 14.5. The van der Waals surface area contributed by atoms with Crippen molar-refractivity contribution in [2.75, 3.05) is 0 Å². The Morgan fingerprint density at radius 2 is 1.81 bits per heavy atom. The molecule has 1 aliphatic carbocycles. The van der Waals surface area contributed by atoms with Gasteiger partial charge in [-0.05, 0) is 43.0 Å². The topological polar surface area (TPSA) is 93.5 Å². The fourth-order valence-corrected chi connectivity index (χ4v) is 2.95.